The number of hydrogen-bond acceptors (Lipinski definition) is 3. The molecule has 3 rings (SSSR count). The Morgan fingerprint density at radius 3 is 3.06 bits per heavy atom. The summed E-state index contributed by atoms with van der Waals surface area (Å²) < 4.78 is 11.9. The zero-order chi connectivity index (χ0) is 11.8. The SMILES string of the molecule is COc1cccc(-n2[nH]c3c(c2=O)COC3)c1. The van der Waals surface area contributed by atoms with Gasteiger partial charge in [0.2, 0.25) is 0 Å². The van der Waals surface area contributed by atoms with E-state index in [0.29, 0.717) is 18.8 Å². The number of aromatic amines is 1. The van der Waals surface area contributed by atoms with E-state index in [1.54, 1.807) is 7.11 Å². The molecule has 88 valence electrons. The molecule has 0 saturated heterocycles. The number of methoxy groups -OCH3 is 1. The van der Waals surface area contributed by atoms with E-state index in [4.69, 9.17) is 9.47 Å². The lowest BCUT2D eigenvalue weighted by molar-refractivity contribution is 0.130. The second-order valence-corrected chi connectivity index (χ2v) is 3.90. The fourth-order valence-corrected chi connectivity index (χ4v) is 1.97. The van der Waals surface area contributed by atoms with Crippen LogP contribution in [0.2, 0.25) is 0 Å². The molecule has 0 atom stereocenters. The van der Waals surface area contributed by atoms with Crippen LogP contribution in [0.5, 0.6) is 5.75 Å². The summed E-state index contributed by atoms with van der Waals surface area (Å²) in [6.45, 7) is 0.864. The molecule has 1 aromatic carbocycles. The molecule has 0 saturated carbocycles. The third kappa shape index (κ3) is 1.55. The van der Waals surface area contributed by atoms with Crippen molar-refractivity contribution in [1.29, 1.82) is 0 Å². The van der Waals surface area contributed by atoms with Crippen molar-refractivity contribution < 1.29 is 9.47 Å². The number of hydrogen-bond donors (Lipinski definition) is 1. The first-order valence-electron chi connectivity index (χ1n) is 5.34. The molecule has 0 fully saturated rings. The van der Waals surface area contributed by atoms with Gasteiger partial charge in [-0.15, -0.1) is 0 Å². The first-order valence-corrected chi connectivity index (χ1v) is 5.34. The molecule has 17 heavy (non-hydrogen) atoms. The van der Waals surface area contributed by atoms with Gasteiger partial charge in [0.1, 0.15) is 5.75 Å². The van der Waals surface area contributed by atoms with E-state index in [9.17, 15) is 4.79 Å². The Morgan fingerprint density at radius 2 is 2.29 bits per heavy atom. The molecule has 0 aliphatic carbocycles. The van der Waals surface area contributed by atoms with E-state index in [1.807, 2.05) is 24.3 Å². The molecule has 5 heteroatoms. The van der Waals surface area contributed by atoms with E-state index in [2.05, 4.69) is 5.10 Å². The minimum Gasteiger partial charge on any atom is -0.497 e. The lowest BCUT2D eigenvalue weighted by atomic mass is 10.3. The summed E-state index contributed by atoms with van der Waals surface area (Å²) in [6.07, 6.45) is 0. The third-order valence-corrected chi connectivity index (χ3v) is 2.88. The normalized spacial score (nSPS) is 13.7. The number of ether oxygens (including phenoxy) is 2. The molecule has 0 radical (unpaired) electrons. The quantitative estimate of drug-likeness (QED) is 0.846. The molecule has 2 aromatic rings. The van der Waals surface area contributed by atoms with E-state index in [-0.39, 0.29) is 5.56 Å². The van der Waals surface area contributed by atoms with Gasteiger partial charge in [-0.25, -0.2) is 4.68 Å². The first-order chi connectivity index (χ1) is 8.29. The Balaban J connectivity index is 2.12. The van der Waals surface area contributed by atoms with E-state index < -0.39 is 0 Å². The molecule has 0 unspecified atom stereocenters. The van der Waals surface area contributed by atoms with Crippen LogP contribution in [-0.2, 0) is 18.0 Å². The van der Waals surface area contributed by atoms with Gasteiger partial charge in [0.25, 0.3) is 5.56 Å². The predicted octanol–water partition coefficient (Wildman–Crippen LogP) is 1.20. The summed E-state index contributed by atoms with van der Waals surface area (Å²) in [4.78, 5) is 12.1. The van der Waals surface area contributed by atoms with Gasteiger partial charge in [0, 0.05) is 6.07 Å². The standard InChI is InChI=1S/C12H12N2O3/c1-16-9-4-2-3-8(5-9)14-12(15)10-6-17-7-11(10)13-14/h2-5,13H,6-7H2,1H3. The maximum atomic E-state index is 12.1. The highest BCUT2D eigenvalue weighted by Crippen LogP contribution is 2.18. The number of nitrogens with zero attached hydrogens (tertiary/aromatic N) is 1. The molecule has 0 bridgehead atoms. The van der Waals surface area contributed by atoms with Crippen LogP contribution in [0.4, 0.5) is 0 Å². The number of H-pyrrole nitrogens is 1. The fraction of sp³-hybridized carbons (Fsp3) is 0.250. The first kappa shape index (κ1) is 10.2. The van der Waals surface area contributed by atoms with Gasteiger partial charge in [0.05, 0.1) is 37.3 Å². The van der Waals surface area contributed by atoms with Crippen molar-refractivity contribution in [2.45, 2.75) is 13.2 Å². The molecule has 2 heterocycles. The monoisotopic (exact) mass is 232 g/mol. The van der Waals surface area contributed by atoms with Crippen LogP contribution in [0.15, 0.2) is 29.1 Å². The molecule has 0 spiro atoms. The van der Waals surface area contributed by atoms with E-state index in [1.165, 1.54) is 4.68 Å². The summed E-state index contributed by atoms with van der Waals surface area (Å²) in [5.74, 6) is 0.723. The molecule has 1 aromatic heterocycles. The van der Waals surface area contributed by atoms with Gasteiger partial charge >= 0.3 is 0 Å². The van der Waals surface area contributed by atoms with Crippen LogP contribution in [0.1, 0.15) is 11.3 Å². The van der Waals surface area contributed by atoms with Crippen molar-refractivity contribution >= 4 is 0 Å². The average molecular weight is 232 g/mol. The Kier molecular flexibility index (Phi) is 2.26. The van der Waals surface area contributed by atoms with E-state index in [0.717, 1.165) is 17.1 Å². The molecule has 1 aliphatic rings. The maximum Gasteiger partial charge on any atom is 0.277 e. The van der Waals surface area contributed by atoms with Crippen molar-refractivity contribution in [1.82, 2.24) is 9.78 Å². The smallest absolute Gasteiger partial charge is 0.277 e. The number of benzene rings is 1. The lowest BCUT2D eigenvalue weighted by Gasteiger charge is -2.05. The van der Waals surface area contributed by atoms with Crippen LogP contribution in [-0.4, -0.2) is 16.9 Å². The average Bonchev–Trinajstić information content (AvgIpc) is 2.93. The van der Waals surface area contributed by atoms with E-state index >= 15 is 0 Å². The highest BCUT2D eigenvalue weighted by Gasteiger charge is 2.20. The zero-order valence-electron chi connectivity index (χ0n) is 9.40. The minimum atomic E-state index is -0.0502. The number of fused-ring (bicyclic) bond motifs is 1. The zero-order valence-corrected chi connectivity index (χ0v) is 9.40. The van der Waals surface area contributed by atoms with Crippen molar-refractivity contribution in [3.8, 4) is 11.4 Å². The summed E-state index contributed by atoms with van der Waals surface area (Å²) in [5.41, 5.74) is 2.29. The highest BCUT2D eigenvalue weighted by atomic mass is 16.5. The molecular weight excluding hydrogens is 220 g/mol. The van der Waals surface area contributed by atoms with Crippen LogP contribution in [0.25, 0.3) is 5.69 Å². The third-order valence-electron chi connectivity index (χ3n) is 2.88. The maximum absolute atomic E-state index is 12.1. The summed E-state index contributed by atoms with van der Waals surface area (Å²) in [5, 5.41) is 3.05. The van der Waals surface area contributed by atoms with Gasteiger partial charge in [-0.3, -0.25) is 9.89 Å². The minimum absolute atomic E-state index is 0.0502. The second kappa shape index (κ2) is 3.78. The van der Waals surface area contributed by atoms with Gasteiger partial charge in [0.15, 0.2) is 0 Å². The van der Waals surface area contributed by atoms with Gasteiger partial charge in [-0.2, -0.15) is 0 Å². The number of aromatic nitrogens is 2. The molecular formula is C12H12N2O3. The molecule has 0 amide bonds. The van der Waals surface area contributed by atoms with Crippen LogP contribution in [0.3, 0.4) is 0 Å². The van der Waals surface area contributed by atoms with Crippen molar-refractivity contribution in [2.24, 2.45) is 0 Å². The summed E-state index contributed by atoms with van der Waals surface area (Å²) >= 11 is 0. The Labute approximate surface area is 97.6 Å². The Hall–Kier alpha value is -2.01. The second-order valence-electron chi connectivity index (χ2n) is 3.90. The van der Waals surface area contributed by atoms with Gasteiger partial charge < -0.3 is 9.47 Å². The molecule has 1 N–H and O–H groups in total. The highest BCUT2D eigenvalue weighted by molar-refractivity contribution is 5.39. The summed E-state index contributed by atoms with van der Waals surface area (Å²) in [6, 6.07) is 7.36. The predicted molar refractivity (Wildman–Crippen MR) is 61.4 cm³/mol. The summed E-state index contributed by atoms with van der Waals surface area (Å²) in [7, 11) is 1.60. The van der Waals surface area contributed by atoms with Crippen LogP contribution in [0, 0.1) is 0 Å². The molecule has 5 nitrogen and oxygen atoms in total. The van der Waals surface area contributed by atoms with Crippen molar-refractivity contribution in [2.75, 3.05) is 7.11 Å². The Bertz CT molecular complexity index is 612. The van der Waals surface area contributed by atoms with Crippen molar-refractivity contribution in [3.63, 3.8) is 0 Å². The van der Waals surface area contributed by atoms with Crippen molar-refractivity contribution in [3.05, 3.63) is 45.9 Å². The number of rotatable bonds is 2. The van der Waals surface area contributed by atoms with Crippen LogP contribution >= 0.6 is 0 Å². The molecule has 1 aliphatic heterocycles. The van der Waals surface area contributed by atoms with Gasteiger partial charge in [-0.1, -0.05) is 6.07 Å². The topological polar surface area (TPSA) is 56.2 Å². The largest absolute Gasteiger partial charge is 0.497 e. The van der Waals surface area contributed by atoms with Gasteiger partial charge in [-0.05, 0) is 12.1 Å². The Morgan fingerprint density at radius 1 is 1.41 bits per heavy atom. The fourth-order valence-electron chi connectivity index (χ4n) is 1.97. The lowest BCUT2D eigenvalue weighted by Crippen LogP contribution is -2.17. The number of nitrogens with one attached hydrogen (secondary N) is 1. The van der Waals surface area contributed by atoms with Crippen LogP contribution < -0.4 is 10.3 Å².